The van der Waals surface area contributed by atoms with Crippen LogP contribution in [0.3, 0.4) is 0 Å². The van der Waals surface area contributed by atoms with Crippen LogP contribution in [0, 0.1) is 10.1 Å². The van der Waals surface area contributed by atoms with Crippen LogP contribution in [0.25, 0.3) is 0 Å². The lowest BCUT2D eigenvalue weighted by atomic mass is 9.91. The maximum absolute atomic E-state index is 13.6. The number of amides is 1. The largest absolute Gasteiger partial charge is 0.493 e. The molecule has 198 valence electrons. The zero-order chi connectivity index (χ0) is 27.2. The molecule has 4 rings (SSSR count). The number of nitro groups is 1. The highest BCUT2D eigenvalue weighted by Gasteiger charge is 2.34. The van der Waals surface area contributed by atoms with Crippen LogP contribution in [0.1, 0.15) is 44.8 Å². The van der Waals surface area contributed by atoms with Crippen molar-refractivity contribution in [1.29, 1.82) is 0 Å². The number of non-ortho nitro benzene ring substituents is 1. The van der Waals surface area contributed by atoms with Crippen molar-refractivity contribution in [3.63, 3.8) is 0 Å². The number of methoxy groups -OCH3 is 2. The summed E-state index contributed by atoms with van der Waals surface area (Å²) in [4.78, 5) is 38.0. The van der Waals surface area contributed by atoms with E-state index in [0.717, 1.165) is 11.1 Å². The number of fused-ring (bicyclic) bond motifs is 1. The van der Waals surface area contributed by atoms with Gasteiger partial charge in [-0.25, -0.2) is 4.79 Å². The van der Waals surface area contributed by atoms with Crippen LogP contribution >= 0.6 is 0 Å². The van der Waals surface area contributed by atoms with Crippen LogP contribution in [0.4, 0.5) is 5.69 Å². The second-order valence-electron chi connectivity index (χ2n) is 8.53. The summed E-state index contributed by atoms with van der Waals surface area (Å²) in [6, 6.07) is 15.4. The van der Waals surface area contributed by atoms with Gasteiger partial charge in [-0.3, -0.25) is 14.9 Å². The summed E-state index contributed by atoms with van der Waals surface area (Å²) < 4.78 is 22.1. The van der Waals surface area contributed by atoms with Crippen LogP contribution in [0.15, 0.2) is 60.7 Å². The number of carbonyl (C=O) groups excluding carboxylic acids is 2. The molecular weight excluding hydrogens is 492 g/mol. The Morgan fingerprint density at radius 1 is 1.00 bits per heavy atom. The minimum absolute atomic E-state index is 0.0991. The molecule has 10 heteroatoms. The van der Waals surface area contributed by atoms with E-state index in [4.69, 9.17) is 18.9 Å². The van der Waals surface area contributed by atoms with E-state index in [1.807, 2.05) is 12.1 Å². The van der Waals surface area contributed by atoms with Gasteiger partial charge in [-0.2, -0.15) is 0 Å². The predicted molar refractivity (Wildman–Crippen MR) is 138 cm³/mol. The summed E-state index contributed by atoms with van der Waals surface area (Å²) in [5.41, 5.74) is 2.27. The van der Waals surface area contributed by atoms with E-state index in [-0.39, 0.29) is 30.4 Å². The lowest BCUT2D eigenvalue weighted by molar-refractivity contribution is -0.384. The molecule has 1 aliphatic heterocycles. The van der Waals surface area contributed by atoms with Crippen molar-refractivity contribution in [2.75, 3.05) is 34.0 Å². The minimum Gasteiger partial charge on any atom is -0.493 e. The fourth-order valence-corrected chi connectivity index (χ4v) is 4.45. The van der Waals surface area contributed by atoms with Crippen molar-refractivity contribution in [3.8, 4) is 17.2 Å². The molecule has 0 fully saturated rings. The van der Waals surface area contributed by atoms with Gasteiger partial charge in [-0.05, 0) is 66.9 Å². The van der Waals surface area contributed by atoms with Crippen molar-refractivity contribution in [2.24, 2.45) is 0 Å². The summed E-state index contributed by atoms with van der Waals surface area (Å²) in [6.07, 6.45) is 0.557. The van der Waals surface area contributed by atoms with Gasteiger partial charge < -0.3 is 23.8 Å². The molecule has 0 N–H and O–H groups in total. The molecule has 0 aliphatic carbocycles. The van der Waals surface area contributed by atoms with Gasteiger partial charge in [0.15, 0.2) is 11.5 Å². The molecule has 10 nitrogen and oxygen atoms in total. The average Bonchev–Trinajstić information content (AvgIpc) is 2.95. The molecule has 0 bridgehead atoms. The van der Waals surface area contributed by atoms with Crippen LogP contribution in [0.5, 0.6) is 17.2 Å². The molecule has 1 unspecified atom stereocenters. The Bertz CT molecular complexity index is 1340. The Labute approximate surface area is 219 Å². The number of benzene rings is 3. The number of esters is 1. The first-order valence-electron chi connectivity index (χ1n) is 12.1. The SMILES string of the molecule is CCOC(=O)c1ccc(OCC2c3cc(OC)c(OC)cc3CCN2C(=O)c2cccc([N+](=O)[O-])c2)cc1. The lowest BCUT2D eigenvalue weighted by Crippen LogP contribution is -2.42. The normalized spacial score (nSPS) is 14.3. The van der Waals surface area contributed by atoms with E-state index in [1.165, 1.54) is 25.3 Å². The number of hydrogen-bond acceptors (Lipinski definition) is 8. The van der Waals surface area contributed by atoms with Gasteiger partial charge in [0.25, 0.3) is 11.6 Å². The predicted octanol–water partition coefficient (Wildman–Crippen LogP) is 4.61. The second kappa shape index (κ2) is 11.6. The molecule has 0 saturated heterocycles. The Morgan fingerprint density at radius 2 is 1.71 bits per heavy atom. The van der Waals surface area contributed by atoms with Crippen molar-refractivity contribution in [2.45, 2.75) is 19.4 Å². The lowest BCUT2D eigenvalue weighted by Gasteiger charge is -2.37. The van der Waals surface area contributed by atoms with E-state index in [9.17, 15) is 19.7 Å². The molecule has 0 aromatic heterocycles. The molecule has 3 aromatic rings. The Morgan fingerprint density at radius 3 is 2.37 bits per heavy atom. The number of ether oxygens (including phenoxy) is 4. The van der Waals surface area contributed by atoms with Gasteiger partial charge in [-0.15, -0.1) is 0 Å². The van der Waals surface area contributed by atoms with Crippen molar-refractivity contribution >= 4 is 17.6 Å². The monoisotopic (exact) mass is 520 g/mol. The third-order valence-corrected chi connectivity index (χ3v) is 6.34. The maximum atomic E-state index is 13.6. The zero-order valence-electron chi connectivity index (χ0n) is 21.3. The van der Waals surface area contributed by atoms with Gasteiger partial charge in [-0.1, -0.05) is 6.07 Å². The number of nitrogens with zero attached hydrogens (tertiary/aromatic N) is 2. The Kier molecular flexibility index (Phi) is 8.10. The summed E-state index contributed by atoms with van der Waals surface area (Å²) in [5, 5.41) is 11.3. The van der Waals surface area contributed by atoms with Crippen molar-refractivity contribution in [1.82, 2.24) is 4.90 Å². The van der Waals surface area contributed by atoms with E-state index < -0.39 is 16.9 Å². The summed E-state index contributed by atoms with van der Waals surface area (Å²) in [5.74, 6) is 0.836. The van der Waals surface area contributed by atoms with Gasteiger partial charge in [0, 0.05) is 24.2 Å². The molecule has 0 saturated carbocycles. The van der Waals surface area contributed by atoms with Crippen molar-refractivity contribution < 1.29 is 33.5 Å². The summed E-state index contributed by atoms with van der Waals surface area (Å²) >= 11 is 0. The fraction of sp³-hybridized carbons (Fsp3) is 0.286. The maximum Gasteiger partial charge on any atom is 0.338 e. The highest BCUT2D eigenvalue weighted by molar-refractivity contribution is 5.95. The second-order valence-corrected chi connectivity index (χ2v) is 8.53. The average molecular weight is 521 g/mol. The molecule has 38 heavy (non-hydrogen) atoms. The van der Waals surface area contributed by atoms with Gasteiger partial charge >= 0.3 is 5.97 Å². The standard InChI is InChI=1S/C28H28N2O8/c1-4-37-28(32)18-8-10-22(11-9-18)38-17-24-23-16-26(36-3)25(35-2)15-19(23)12-13-29(24)27(31)20-6-5-7-21(14-20)30(33)34/h5-11,14-16,24H,4,12-13,17H2,1-3H3. The fourth-order valence-electron chi connectivity index (χ4n) is 4.45. The first kappa shape index (κ1) is 26.5. The highest BCUT2D eigenvalue weighted by atomic mass is 16.6. The van der Waals surface area contributed by atoms with Gasteiger partial charge in [0.2, 0.25) is 0 Å². The van der Waals surface area contributed by atoms with Crippen LogP contribution in [0.2, 0.25) is 0 Å². The molecule has 0 radical (unpaired) electrons. The zero-order valence-corrected chi connectivity index (χ0v) is 21.3. The summed E-state index contributed by atoms with van der Waals surface area (Å²) in [7, 11) is 3.10. The number of carbonyl (C=O) groups is 2. The summed E-state index contributed by atoms with van der Waals surface area (Å²) in [6.45, 7) is 2.49. The third kappa shape index (κ3) is 5.54. The van der Waals surface area contributed by atoms with Crippen LogP contribution < -0.4 is 14.2 Å². The first-order valence-corrected chi connectivity index (χ1v) is 12.1. The van der Waals surface area contributed by atoms with E-state index in [2.05, 4.69) is 0 Å². The van der Waals surface area contributed by atoms with Crippen LogP contribution in [-0.2, 0) is 11.2 Å². The van der Waals surface area contributed by atoms with Crippen LogP contribution in [-0.4, -0.2) is 55.7 Å². The molecule has 1 atom stereocenters. The topological polar surface area (TPSA) is 117 Å². The van der Waals surface area contributed by atoms with E-state index in [0.29, 0.717) is 35.8 Å². The van der Waals surface area contributed by atoms with Crippen molar-refractivity contribution in [3.05, 3.63) is 93.0 Å². The minimum atomic E-state index is -0.528. The van der Waals surface area contributed by atoms with E-state index in [1.54, 1.807) is 49.3 Å². The molecule has 3 aromatic carbocycles. The Hall–Kier alpha value is -4.60. The molecular formula is C28H28N2O8. The quantitative estimate of drug-likeness (QED) is 0.228. The Balaban J connectivity index is 1.66. The first-order chi connectivity index (χ1) is 18.4. The third-order valence-electron chi connectivity index (χ3n) is 6.34. The molecule has 1 aliphatic rings. The van der Waals surface area contributed by atoms with E-state index >= 15 is 0 Å². The molecule has 1 heterocycles. The smallest absolute Gasteiger partial charge is 0.338 e. The number of nitro benzene ring substituents is 1. The molecule has 0 spiro atoms. The highest BCUT2D eigenvalue weighted by Crippen LogP contribution is 2.39. The molecule has 1 amide bonds. The van der Waals surface area contributed by atoms with Gasteiger partial charge in [0.05, 0.1) is 37.4 Å². The van der Waals surface area contributed by atoms with Gasteiger partial charge in [0.1, 0.15) is 12.4 Å². The number of rotatable bonds is 9. The number of hydrogen-bond donors (Lipinski definition) is 0.